The number of nitrogens with two attached hydrogens (primary N) is 1. The number of nitrogen functional groups attached to an aromatic ring is 1. The number of aromatic nitrogens is 4. The summed E-state index contributed by atoms with van der Waals surface area (Å²) in [5, 5.41) is 21.6. The molecule has 3 aromatic rings. The number of carboxylic acids is 1. The van der Waals surface area contributed by atoms with Crippen molar-refractivity contribution in [1.29, 1.82) is 0 Å². The van der Waals surface area contributed by atoms with E-state index in [0.717, 1.165) is 0 Å². The van der Waals surface area contributed by atoms with Crippen LogP contribution >= 0.6 is 7.75 Å². The summed E-state index contributed by atoms with van der Waals surface area (Å²) >= 11 is 0. The topological polar surface area (TPSA) is 195 Å². The van der Waals surface area contributed by atoms with E-state index >= 15 is 0 Å². The number of fused-ring (bicyclic) bond motifs is 1. The molecule has 1 saturated carbocycles. The standard InChI is InChI=1S/C20H23N6O7P/c1-12(18(29)30)25-34(31,33-14-5-3-2-4-6-14)32-10-20(9-27)7-13(20)8-26-11-22-15-16(26)23-19(21)24-17(15)28/h2-6,8,11-12,27H,7,9-10H2,1H3,(H,25,31)(H,29,30)(H3,21,23,24,28)/b13-8-/t12-,20?,34?/m0/s1. The molecular formula is C20H23N6O7P. The molecule has 2 heterocycles. The fraction of sp³-hybridized carbons (Fsp3) is 0.300. The lowest BCUT2D eigenvalue weighted by molar-refractivity contribution is -0.138. The summed E-state index contributed by atoms with van der Waals surface area (Å²) in [5.74, 6) is -1.08. The van der Waals surface area contributed by atoms with Gasteiger partial charge in [0.05, 0.1) is 13.2 Å². The van der Waals surface area contributed by atoms with E-state index in [1.807, 2.05) is 0 Å². The second-order valence-electron chi connectivity index (χ2n) is 7.91. The predicted molar refractivity (Wildman–Crippen MR) is 122 cm³/mol. The Balaban J connectivity index is 1.55. The quantitative estimate of drug-likeness (QED) is 0.256. The van der Waals surface area contributed by atoms with Crippen LogP contribution in [0.3, 0.4) is 0 Å². The van der Waals surface area contributed by atoms with E-state index in [1.54, 1.807) is 36.5 Å². The lowest BCUT2D eigenvalue weighted by Crippen LogP contribution is -2.34. The highest BCUT2D eigenvalue weighted by Gasteiger charge is 2.51. The molecule has 13 nitrogen and oxygen atoms in total. The molecule has 2 unspecified atom stereocenters. The maximum absolute atomic E-state index is 13.4. The highest BCUT2D eigenvalue weighted by molar-refractivity contribution is 7.52. The first-order valence-electron chi connectivity index (χ1n) is 10.2. The Morgan fingerprint density at radius 3 is 2.85 bits per heavy atom. The van der Waals surface area contributed by atoms with Gasteiger partial charge in [-0.15, -0.1) is 0 Å². The molecule has 0 spiro atoms. The zero-order chi connectivity index (χ0) is 24.5. The Morgan fingerprint density at radius 1 is 1.44 bits per heavy atom. The Kier molecular flexibility index (Phi) is 6.28. The minimum Gasteiger partial charge on any atom is -0.480 e. The normalized spacial score (nSPS) is 21.3. The number of benzene rings is 1. The highest BCUT2D eigenvalue weighted by Crippen LogP contribution is 2.56. The van der Waals surface area contributed by atoms with Gasteiger partial charge in [-0.1, -0.05) is 18.2 Å². The van der Waals surface area contributed by atoms with Crippen molar-refractivity contribution >= 4 is 37.0 Å². The van der Waals surface area contributed by atoms with Gasteiger partial charge in [0.2, 0.25) is 5.95 Å². The summed E-state index contributed by atoms with van der Waals surface area (Å²) < 4.78 is 25.9. The molecule has 2 aromatic heterocycles. The molecule has 180 valence electrons. The van der Waals surface area contributed by atoms with Gasteiger partial charge in [0.25, 0.3) is 5.56 Å². The maximum Gasteiger partial charge on any atom is 0.459 e. The minimum absolute atomic E-state index is 0.0668. The molecule has 4 rings (SSSR count). The number of nitrogens with zero attached hydrogens (tertiary/aromatic N) is 3. The van der Waals surface area contributed by atoms with E-state index in [4.69, 9.17) is 14.8 Å². The van der Waals surface area contributed by atoms with Crippen molar-refractivity contribution in [1.82, 2.24) is 24.6 Å². The molecule has 3 atom stereocenters. The van der Waals surface area contributed by atoms with Crippen molar-refractivity contribution < 1.29 is 28.6 Å². The number of carboxylic acid groups (broad SMARTS) is 1. The third-order valence-electron chi connectivity index (χ3n) is 5.34. The first kappa shape index (κ1) is 23.6. The number of para-hydroxylation sites is 1. The number of aromatic amines is 1. The highest BCUT2D eigenvalue weighted by atomic mass is 31.2. The molecule has 6 N–H and O–H groups in total. The number of aliphatic hydroxyl groups excluding tert-OH is 1. The maximum atomic E-state index is 13.4. The van der Waals surface area contributed by atoms with Gasteiger partial charge in [-0.2, -0.15) is 10.1 Å². The largest absolute Gasteiger partial charge is 0.480 e. The van der Waals surface area contributed by atoms with Crippen molar-refractivity contribution in [3.05, 3.63) is 52.6 Å². The van der Waals surface area contributed by atoms with Gasteiger partial charge in [0, 0.05) is 11.6 Å². The number of carbonyl (C=O) groups is 1. The number of imidazole rings is 1. The van der Waals surface area contributed by atoms with Gasteiger partial charge in [-0.05, 0) is 31.1 Å². The molecule has 1 aliphatic rings. The first-order chi connectivity index (χ1) is 16.1. The number of anilines is 1. The Morgan fingerprint density at radius 2 is 2.18 bits per heavy atom. The zero-order valence-electron chi connectivity index (χ0n) is 18.0. The molecule has 34 heavy (non-hydrogen) atoms. The Labute approximate surface area is 192 Å². The summed E-state index contributed by atoms with van der Waals surface area (Å²) in [6.45, 7) is 0.754. The summed E-state index contributed by atoms with van der Waals surface area (Å²) in [7, 11) is -4.13. The molecular weight excluding hydrogens is 467 g/mol. The van der Waals surface area contributed by atoms with Crippen LogP contribution < -0.4 is 20.9 Å². The van der Waals surface area contributed by atoms with Gasteiger partial charge in [-0.25, -0.2) is 9.55 Å². The lowest BCUT2D eigenvalue weighted by atomic mass is 10.1. The number of hydrogen-bond acceptors (Lipinski definition) is 9. The number of nitrogens with one attached hydrogen (secondary N) is 2. The summed E-state index contributed by atoms with van der Waals surface area (Å²) in [6.07, 6.45) is 3.42. The van der Waals surface area contributed by atoms with Crippen LogP contribution in [0.1, 0.15) is 13.3 Å². The van der Waals surface area contributed by atoms with Crippen LogP contribution in [-0.2, 0) is 13.9 Å². The SMILES string of the molecule is C[C@H](NP(=O)(OCC1(CO)C/C1=C/n1cnc2c(=O)[nH]c(N)nc21)Oc1ccccc1)C(=O)O. The molecule has 0 aliphatic heterocycles. The fourth-order valence-corrected chi connectivity index (χ4v) is 4.85. The van der Waals surface area contributed by atoms with Gasteiger partial charge in [0.15, 0.2) is 11.2 Å². The van der Waals surface area contributed by atoms with Crippen molar-refractivity contribution in [3.8, 4) is 5.75 Å². The molecule has 1 aromatic carbocycles. The third-order valence-corrected chi connectivity index (χ3v) is 6.96. The molecule has 0 radical (unpaired) electrons. The van der Waals surface area contributed by atoms with E-state index < -0.39 is 30.7 Å². The van der Waals surface area contributed by atoms with Crippen LogP contribution in [0.4, 0.5) is 5.95 Å². The van der Waals surface area contributed by atoms with Crippen molar-refractivity contribution in [2.45, 2.75) is 19.4 Å². The average molecular weight is 490 g/mol. The van der Waals surface area contributed by atoms with Gasteiger partial charge in [0.1, 0.15) is 18.1 Å². The second-order valence-corrected chi connectivity index (χ2v) is 9.60. The minimum atomic E-state index is -4.13. The van der Waals surface area contributed by atoms with E-state index in [1.165, 1.54) is 17.8 Å². The number of aliphatic carboxylic acids is 1. The Hall–Kier alpha value is -3.51. The van der Waals surface area contributed by atoms with Gasteiger partial charge >= 0.3 is 13.7 Å². The van der Waals surface area contributed by atoms with E-state index in [-0.39, 0.29) is 36.1 Å². The molecule has 1 fully saturated rings. The van der Waals surface area contributed by atoms with Crippen LogP contribution in [-0.4, -0.2) is 55.0 Å². The van der Waals surface area contributed by atoms with E-state index in [2.05, 4.69) is 20.0 Å². The van der Waals surface area contributed by atoms with E-state index in [0.29, 0.717) is 12.0 Å². The molecule has 1 aliphatic carbocycles. The number of aliphatic hydroxyl groups is 1. The molecule has 0 amide bonds. The molecule has 14 heteroatoms. The monoisotopic (exact) mass is 490 g/mol. The number of hydrogen-bond donors (Lipinski definition) is 5. The van der Waals surface area contributed by atoms with Crippen molar-refractivity contribution in [3.63, 3.8) is 0 Å². The molecule has 0 bridgehead atoms. The predicted octanol–water partition coefficient (Wildman–Crippen LogP) is 1.19. The first-order valence-corrected chi connectivity index (χ1v) is 11.7. The number of rotatable bonds is 10. The summed E-state index contributed by atoms with van der Waals surface area (Å²) in [4.78, 5) is 33.7. The van der Waals surface area contributed by atoms with Gasteiger partial charge in [-0.3, -0.25) is 23.7 Å². The summed E-state index contributed by atoms with van der Waals surface area (Å²) in [6, 6.07) is 6.96. The van der Waals surface area contributed by atoms with Crippen LogP contribution in [0.5, 0.6) is 5.75 Å². The van der Waals surface area contributed by atoms with Crippen LogP contribution in [0, 0.1) is 5.41 Å². The van der Waals surface area contributed by atoms with Crippen LogP contribution in [0.15, 0.2) is 47.0 Å². The van der Waals surface area contributed by atoms with Crippen molar-refractivity contribution in [2.75, 3.05) is 18.9 Å². The average Bonchev–Trinajstić information content (AvgIpc) is 3.34. The van der Waals surface area contributed by atoms with Crippen LogP contribution in [0.25, 0.3) is 17.4 Å². The fourth-order valence-electron chi connectivity index (χ4n) is 3.27. The molecule has 0 saturated heterocycles. The van der Waals surface area contributed by atoms with E-state index in [9.17, 15) is 24.4 Å². The number of H-pyrrole nitrogens is 1. The second kappa shape index (κ2) is 9.03. The lowest BCUT2D eigenvalue weighted by Gasteiger charge is -2.23. The third kappa shape index (κ3) is 4.87. The van der Waals surface area contributed by atoms with Crippen LogP contribution in [0.2, 0.25) is 0 Å². The Bertz CT molecular complexity index is 1350. The smallest absolute Gasteiger partial charge is 0.459 e. The summed E-state index contributed by atoms with van der Waals surface area (Å²) in [5.41, 5.74) is 5.31. The van der Waals surface area contributed by atoms with Crippen molar-refractivity contribution in [2.24, 2.45) is 5.41 Å². The zero-order valence-corrected chi connectivity index (χ0v) is 18.9. The van der Waals surface area contributed by atoms with Gasteiger partial charge < -0.3 is 20.5 Å².